The van der Waals surface area contributed by atoms with E-state index in [1.165, 1.54) is 18.3 Å². The fourth-order valence-corrected chi connectivity index (χ4v) is 4.16. The molecule has 0 spiro atoms. The first kappa shape index (κ1) is 21.9. The molecule has 1 aromatic carbocycles. The van der Waals surface area contributed by atoms with E-state index in [2.05, 4.69) is 25.3 Å². The van der Waals surface area contributed by atoms with Crippen molar-refractivity contribution in [2.75, 3.05) is 5.73 Å². The first-order valence-electron chi connectivity index (χ1n) is 8.72. The molecule has 0 radical (unpaired) electrons. The second-order valence-corrected chi connectivity index (χ2v) is 8.46. The summed E-state index contributed by atoms with van der Waals surface area (Å²) < 4.78 is 0.926. The molecule has 0 aliphatic heterocycles. The molecule has 160 valence electrons. The number of rotatable bonds is 8. The molecule has 1 atom stereocenters. The third-order valence-electron chi connectivity index (χ3n) is 3.97. The van der Waals surface area contributed by atoms with Gasteiger partial charge in [0.15, 0.2) is 0 Å². The Balaban J connectivity index is 1.65. The van der Waals surface area contributed by atoms with Crippen molar-refractivity contribution in [2.24, 2.45) is 0 Å². The van der Waals surface area contributed by atoms with Gasteiger partial charge >= 0.3 is 180 Å². The number of aromatic nitrogens is 4. The van der Waals surface area contributed by atoms with Crippen molar-refractivity contribution in [3.05, 3.63) is 52.1 Å². The molecule has 6 N–H and O–H groups in total. The number of carbonyl (C=O) groups is 3. The number of benzene rings is 1. The predicted molar refractivity (Wildman–Crippen MR) is 109 cm³/mol. The number of nitrogens with zero attached hydrogens (tertiary/aromatic N) is 3. The van der Waals surface area contributed by atoms with Crippen LogP contribution in [-0.2, 0) is 14.9 Å². The van der Waals surface area contributed by atoms with Crippen LogP contribution in [0, 0.1) is 0 Å². The van der Waals surface area contributed by atoms with E-state index in [1.54, 1.807) is 12.1 Å². The Morgan fingerprint density at radius 2 is 1.87 bits per heavy atom. The van der Waals surface area contributed by atoms with Gasteiger partial charge in [0.1, 0.15) is 0 Å². The van der Waals surface area contributed by atoms with E-state index in [9.17, 15) is 19.2 Å². The van der Waals surface area contributed by atoms with Crippen LogP contribution in [0.2, 0.25) is 0 Å². The van der Waals surface area contributed by atoms with E-state index in [0.717, 1.165) is 4.46 Å². The number of aromatic amines is 1. The van der Waals surface area contributed by atoms with Crippen molar-refractivity contribution in [1.82, 2.24) is 25.3 Å². The molecule has 1 amide bonds. The van der Waals surface area contributed by atoms with E-state index >= 15 is 0 Å². The van der Waals surface area contributed by atoms with E-state index in [-0.39, 0.29) is 37.6 Å². The first-order chi connectivity index (χ1) is 14.7. The monoisotopic (exact) mass is 492 g/mol. The third-order valence-corrected chi connectivity index (χ3v) is 6.17. The van der Waals surface area contributed by atoms with Crippen LogP contribution in [0.15, 0.2) is 35.3 Å². The molecule has 2 aromatic heterocycles. The van der Waals surface area contributed by atoms with E-state index < -0.39 is 35.9 Å². The molecule has 0 aliphatic rings. The molecule has 0 bridgehead atoms. The SMILES string of the molecule is Nc1nc2ncc(C[Se]c3ccc(C(=O)NC(CC(=O)O)C(=O)O)cc3)nc2c(=O)[nH]1. The van der Waals surface area contributed by atoms with Gasteiger partial charge < -0.3 is 0 Å². The molecule has 0 fully saturated rings. The number of hydrogen-bond acceptors (Lipinski definition) is 8. The summed E-state index contributed by atoms with van der Waals surface area (Å²) >= 11 is -0.0851. The van der Waals surface area contributed by atoms with Crippen LogP contribution in [-0.4, -0.2) is 69.0 Å². The summed E-state index contributed by atoms with van der Waals surface area (Å²) in [5.74, 6) is -3.47. The molecule has 13 heteroatoms. The maximum absolute atomic E-state index is 12.2. The number of nitrogen functional groups attached to an aromatic ring is 1. The zero-order chi connectivity index (χ0) is 22.5. The van der Waals surface area contributed by atoms with Crippen LogP contribution >= 0.6 is 0 Å². The quantitative estimate of drug-likeness (QED) is 0.231. The summed E-state index contributed by atoms with van der Waals surface area (Å²) in [6.07, 6.45) is 0.798. The van der Waals surface area contributed by atoms with Gasteiger partial charge in [-0.3, -0.25) is 0 Å². The molecular formula is C18H16N6O6Se. The van der Waals surface area contributed by atoms with Crippen LogP contribution in [0.5, 0.6) is 0 Å². The summed E-state index contributed by atoms with van der Waals surface area (Å²) in [6.45, 7) is 0. The Kier molecular flexibility index (Phi) is 6.58. The van der Waals surface area contributed by atoms with E-state index in [1.807, 2.05) is 0 Å². The number of carboxylic acids is 2. The van der Waals surface area contributed by atoms with Crippen molar-refractivity contribution < 1.29 is 24.6 Å². The second-order valence-electron chi connectivity index (χ2n) is 6.26. The Labute approximate surface area is 180 Å². The fraction of sp³-hybridized carbons (Fsp3) is 0.167. The molecule has 0 aliphatic carbocycles. The minimum absolute atomic E-state index is 0.0365. The number of amides is 1. The van der Waals surface area contributed by atoms with Gasteiger partial charge in [-0.1, -0.05) is 0 Å². The van der Waals surface area contributed by atoms with Crippen molar-refractivity contribution in [3.63, 3.8) is 0 Å². The van der Waals surface area contributed by atoms with Gasteiger partial charge in [0.25, 0.3) is 0 Å². The number of anilines is 1. The number of fused-ring (bicyclic) bond motifs is 1. The van der Waals surface area contributed by atoms with Crippen molar-refractivity contribution in [3.8, 4) is 0 Å². The molecule has 2 heterocycles. The Bertz CT molecular complexity index is 1210. The summed E-state index contributed by atoms with van der Waals surface area (Å²) in [7, 11) is 0. The average Bonchev–Trinajstić information content (AvgIpc) is 2.71. The summed E-state index contributed by atoms with van der Waals surface area (Å²) in [5, 5.41) is 20.5. The Morgan fingerprint density at radius 3 is 2.52 bits per heavy atom. The molecule has 1 unspecified atom stereocenters. The van der Waals surface area contributed by atoms with Crippen LogP contribution in [0.25, 0.3) is 11.2 Å². The van der Waals surface area contributed by atoms with Crippen LogP contribution in [0.1, 0.15) is 22.5 Å². The van der Waals surface area contributed by atoms with Crippen molar-refractivity contribution in [2.45, 2.75) is 17.8 Å². The van der Waals surface area contributed by atoms with Gasteiger partial charge in [-0.05, 0) is 0 Å². The average molecular weight is 491 g/mol. The predicted octanol–water partition coefficient (Wildman–Crippen LogP) is -1.52. The van der Waals surface area contributed by atoms with Gasteiger partial charge in [-0.2, -0.15) is 0 Å². The minimum atomic E-state index is -1.52. The number of carbonyl (C=O) groups excluding carboxylic acids is 1. The van der Waals surface area contributed by atoms with Gasteiger partial charge in [0, 0.05) is 0 Å². The molecule has 3 aromatic rings. The first-order valence-corrected chi connectivity index (χ1v) is 10.8. The van der Waals surface area contributed by atoms with Gasteiger partial charge in [-0.15, -0.1) is 0 Å². The zero-order valence-corrected chi connectivity index (χ0v) is 17.4. The number of hydrogen-bond donors (Lipinski definition) is 5. The fourth-order valence-electron chi connectivity index (χ4n) is 2.52. The summed E-state index contributed by atoms with van der Waals surface area (Å²) in [5.41, 5.74) is 6.08. The molecular weight excluding hydrogens is 475 g/mol. The number of nitrogens with two attached hydrogens (primary N) is 1. The summed E-state index contributed by atoms with van der Waals surface area (Å²) in [4.78, 5) is 60.6. The molecule has 0 saturated carbocycles. The number of aliphatic carboxylic acids is 2. The number of H-pyrrole nitrogens is 1. The van der Waals surface area contributed by atoms with Crippen LogP contribution < -0.4 is 21.1 Å². The van der Waals surface area contributed by atoms with E-state index in [0.29, 0.717) is 11.0 Å². The Morgan fingerprint density at radius 1 is 1.16 bits per heavy atom. The number of nitrogens with one attached hydrogen (secondary N) is 2. The molecule has 31 heavy (non-hydrogen) atoms. The van der Waals surface area contributed by atoms with Crippen molar-refractivity contribution >= 4 is 54.4 Å². The summed E-state index contributed by atoms with van der Waals surface area (Å²) in [6, 6.07) is 4.95. The molecule has 3 rings (SSSR count). The van der Waals surface area contributed by atoms with Gasteiger partial charge in [0.2, 0.25) is 0 Å². The second kappa shape index (κ2) is 9.32. The zero-order valence-electron chi connectivity index (χ0n) is 15.7. The topological polar surface area (TPSA) is 201 Å². The molecule has 12 nitrogen and oxygen atoms in total. The van der Waals surface area contributed by atoms with Gasteiger partial charge in [-0.25, -0.2) is 0 Å². The van der Waals surface area contributed by atoms with E-state index in [4.69, 9.17) is 15.9 Å². The maximum atomic E-state index is 12.2. The van der Waals surface area contributed by atoms with Crippen molar-refractivity contribution in [1.29, 1.82) is 0 Å². The Hall–Kier alpha value is -3.83. The number of carboxylic acid groups (broad SMARTS) is 2. The van der Waals surface area contributed by atoms with Crippen LogP contribution in [0.4, 0.5) is 5.95 Å². The van der Waals surface area contributed by atoms with Crippen LogP contribution in [0.3, 0.4) is 0 Å². The molecule has 0 saturated heterocycles. The standard InChI is InChI=1S/C18H16N6O6Se/c19-18-23-14-13(16(28)24-18)21-9(6-20-14)7-31-10-3-1-8(2-4-10)15(27)22-11(17(29)30)5-12(25)26/h1-4,6,11H,5,7H2,(H,22,27)(H,25,26)(H,29,30)(H3,19,20,23,24,28). The van der Waals surface area contributed by atoms with Gasteiger partial charge in [0.05, 0.1) is 0 Å². The third kappa shape index (κ3) is 5.62. The normalized spacial score (nSPS) is 11.7.